The average Bonchev–Trinajstić information content (AvgIpc) is 2.93. The molecule has 0 saturated heterocycles. The molecule has 1 amide bonds. The topological polar surface area (TPSA) is 41.1 Å². The van der Waals surface area contributed by atoms with E-state index in [0.29, 0.717) is 4.88 Å². The van der Waals surface area contributed by atoms with Gasteiger partial charge in [0.1, 0.15) is 6.17 Å². The molecule has 118 valence electrons. The molecular formula is C15H15Cl3N2OS. The van der Waals surface area contributed by atoms with Crippen molar-refractivity contribution in [2.75, 3.05) is 5.32 Å². The molecule has 1 aromatic carbocycles. The Morgan fingerprint density at radius 2 is 1.95 bits per heavy atom. The van der Waals surface area contributed by atoms with Gasteiger partial charge in [-0.25, -0.2) is 0 Å². The number of anilines is 1. The fraction of sp³-hybridized carbons (Fsp3) is 0.267. The van der Waals surface area contributed by atoms with Crippen LogP contribution in [0.25, 0.3) is 0 Å². The number of rotatable bonds is 4. The summed E-state index contributed by atoms with van der Waals surface area (Å²) >= 11 is 19.3. The summed E-state index contributed by atoms with van der Waals surface area (Å²) in [7, 11) is 0. The molecule has 0 aliphatic heterocycles. The van der Waals surface area contributed by atoms with E-state index in [-0.39, 0.29) is 5.91 Å². The van der Waals surface area contributed by atoms with Gasteiger partial charge in [0.2, 0.25) is 3.79 Å². The zero-order valence-corrected chi connectivity index (χ0v) is 15.1. The van der Waals surface area contributed by atoms with Crippen molar-refractivity contribution in [2.45, 2.75) is 23.8 Å². The van der Waals surface area contributed by atoms with Crippen LogP contribution < -0.4 is 10.6 Å². The maximum Gasteiger partial charge on any atom is 0.263 e. The molecule has 7 heteroatoms. The molecule has 2 aromatic rings. The van der Waals surface area contributed by atoms with Crippen molar-refractivity contribution in [2.24, 2.45) is 0 Å². The van der Waals surface area contributed by atoms with E-state index >= 15 is 0 Å². The van der Waals surface area contributed by atoms with E-state index in [4.69, 9.17) is 34.8 Å². The molecule has 2 N–H and O–H groups in total. The third-order valence-electron chi connectivity index (χ3n) is 3.03. The summed E-state index contributed by atoms with van der Waals surface area (Å²) < 4.78 is -1.69. The highest BCUT2D eigenvalue weighted by atomic mass is 35.6. The Morgan fingerprint density at radius 1 is 1.23 bits per heavy atom. The zero-order chi connectivity index (χ0) is 16.3. The minimum Gasteiger partial charge on any atom is -0.362 e. The van der Waals surface area contributed by atoms with Crippen LogP contribution in [0.15, 0.2) is 35.7 Å². The van der Waals surface area contributed by atoms with Crippen LogP contribution in [0.4, 0.5) is 5.69 Å². The van der Waals surface area contributed by atoms with Crippen molar-refractivity contribution in [3.05, 3.63) is 51.7 Å². The van der Waals surface area contributed by atoms with Gasteiger partial charge in [-0.2, -0.15) is 0 Å². The number of amides is 1. The number of aryl methyl sites for hydroxylation is 2. The van der Waals surface area contributed by atoms with Crippen molar-refractivity contribution >= 4 is 57.7 Å². The molecule has 0 fully saturated rings. The Labute approximate surface area is 148 Å². The van der Waals surface area contributed by atoms with Crippen LogP contribution in [0.3, 0.4) is 0 Å². The van der Waals surface area contributed by atoms with E-state index in [1.807, 2.05) is 37.4 Å². The molecule has 0 bridgehead atoms. The van der Waals surface area contributed by atoms with Crippen molar-refractivity contribution in [1.29, 1.82) is 0 Å². The number of thiophene rings is 1. The summed E-state index contributed by atoms with van der Waals surface area (Å²) in [6.07, 6.45) is -0.853. The van der Waals surface area contributed by atoms with Gasteiger partial charge in [0.05, 0.1) is 4.88 Å². The molecule has 1 aromatic heterocycles. The molecule has 0 aliphatic carbocycles. The minimum absolute atomic E-state index is 0.288. The Kier molecular flexibility index (Phi) is 5.61. The van der Waals surface area contributed by atoms with Gasteiger partial charge in [-0.3, -0.25) is 4.79 Å². The summed E-state index contributed by atoms with van der Waals surface area (Å²) in [4.78, 5) is 12.7. The number of nitrogens with one attached hydrogen (secondary N) is 2. The minimum atomic E-state index is -1.69. The van der Waals surface area contributed by atoms with Crippen LogP contribution >= 0.6 is 46.1 Å². The summed E-state index contributed by atoms with van der Waals surface area (Å²) in [6, 6.07) is 9.37. The molecule has 0 spiro atoms. The van der Waals surface area contributed by atoms with Crippen LogP contribution in [0.1, 0.15) is 20.8 Å². The second-order valence-corrected chi connectivity index (χ2v) is 8.20. The lowest BCUT2D eigenvalue weighted by Crippen LogP contribution is -2.49. The SMILES string of the molecule is Cc1ccc(NC(NC(=O)c2cccs2)C(Cl)(Cl)Cl)c(C)c1. The lowest BCUT2D eigenvalue weighted by Gasteiger charge is -2.28. The molecule has 0 saturated carbocycles. The largest absolute Gasteiger partial charge is 0.362 e. The van der Waals surface area contributed by atoms with Crippen LogP contribution in [-0.4, -0.2) is 15.9 Å². The zero-order valence-electron chi connectivity index (χ0n) is 12.0. The van der Waals surface area contributed by atoms with Gasteiger partial charge in [0.15, 0.2) is 0 Å². The van der Waals surface area contributed by atoms with E-state index in [1.54, 1.807) is 12.1 Å². The number of benzene rings is 1. The first-order chi connectivity index (χ1) is 10.3. The first kappa shape index (κ1) is 17.4. The molecule has 22 heavy (non-hydrogen) atoms. The van der Waals surface area contributed by atoms with E-state index in [1.165, 1.54) is 11.3 Å². The Bertz CT molecular complexity index is 653. The van der Waals surface area contributed by atoms with Crippen molar-refractivity contribution in [1.82, 2.24) is 5.32 Å². The molecular weight excluding hydrogens is 363 g/mol. The van der Waals surface area contributed by atoms with Crippen molar-refractivity contribution in [3.8, 4) is 0 Å². The van der Waals surface area contributed by atoms with Gasteiger partial charge in [0.25, 0.3) is 5.91 Å². The average molecular weight is 378 g/mol. The Morgan fingerprint density at radius 3 is 2.50 bits per heavy atom. The normalized spacial score (nSPS) is 12.8. The van der Waals surface area contributed by atoms with E-state index in [2.05, 4.69) is 10.6 Å². The van der Waals surface area contributed by atoms with E-state index in [0.717, 1.165) is 16.8 Å². The maximum atomic E-state index is 12.2. The van der Waals surface area contributed by atoms with Crippen LogP contribution in [0.2, 0.25) is 0 Å². The lowest BCUT2D eigenvalue weighted by atomic mass is 10.1. The fourth-order valence-corrected chi connectivity index (χ4v) is 2.89. The van der Waals surface area contributed by atoms with Crippen LogP contribution in [0, 0.1) is 13.8 Å². The Balaban J connectivity index is 2.18. The number of halogens is 3. The number of carbonyl (C=O) groups excluding carboxylic acids is 1. The van der Waals surface area contributed by atoms with E-state index in [9.17, 15) is 4.79 Å². The molecule has 1 unspecified atom stereocenters. The third-order valence-corrected chi connectivity index (χ3v) is 4.55. The summed E-state index contributed by atoms with van der Waals surface area (Å²) in [5, 5.41) is 7.61. The fourth-order valence-electron chi connectivity index (χ4n) is 1.94. The van der Waals surface area contributed by atoms with Gasteiger partial charge >= 0.3 is 0 Å². The second kappa shape index (κ2) is 7.09. The molecule has 3 nitrogen and oxygen atoms in total. The second-order valence-electron chi connectivity index (χ2n) is 4.89. The summed E-state index contributed by atoms with van der Waals surface area (Å²) in [5.41, 5.74) is 2.94. The first-order valence-corrected chi connectivity index (χ1v) is 8.53. The smallest absolute Gasteiger partial charge is 0.263 e. The molecule has 0 radical (unpaired) electrons. The predicted octanol–water partition coefficient (Wildman–Crippen LogP) is 4.90. The van der Waals surface area contributed by atoms with Gasteiger partial charge < -0.3 is 10.6 Å². The highest BCUT2D eigenvalue weighted by molar-refractivity contribution is 7.12. The van der Waals surface area contributed by atoms with Gasteiger partial charge in [-0.1, -0.05) is 58.6 Å². The number of hydrogen-bond acceptors (Lipinski definition) is 3. The standard InChI is InChI=1S/C15H15Cl3N2OS/c1-9-5-6-11(10(2)8-9)19-14(15(16,17)18)20-13(21)12-4-3-7-22-12/h3-8,14,19H,1-2H3,(H,20,21). The molecule has 0 aliphatic rings. The lowest BCUT2D eigenvalue weighted by molar-refractivity contribution is 0.0946. The predicted molar refractivity (Wildman–Crippen MR) is 95.4 cm³/mol. The van der Waals surface area contributed by atoms with Crippen LogP contribution in [0.5, 0.6) is 0 Å². The number of hydrogen-bond donors (Lipinski definition) is 2. The van der Waals surface area contributed by atoms with Gasteiger partial charge in [-0.15, -0.1) is 11.3 Å². The maximum absolute atomic E-state index is 12.2. The highest BCUT2D eigenvalue weighted by Gasteiger charge is 2.34. The number of carbonyl (C=O) groups is 1. The van der Waals surface area contributed by atoms with Crippen molar-refractivity contribution in [3.63, 3.8) is 0 Å². The van der Waals surface area contributed by atoms with Crippen LogP contribution in [-0.2, 0) is 0 Å². The first-order valence-electron chi connectivity index (χ1n) is 6.52. The quantitative estimate of drug-likeness (QED) is 0.587. The highest BCUT2D eigenvalue weighted by Crippen LogP contribution is 2.32. The van der Waals surface area contributed by atoms with Gasteiger partial charge in [-0.05, 0) is 36.9 Å². The van der Waals surface area contributed by atoms with Crippen molar-refractivity contribution < 1.29 is 4.79 Å². The van der Waals surface area contributed by atoms with E-state index < -0.39 is 9.96 Å². The monoisotopic (exact) mass is 376 g/mol. The summed E-state index contributed by atoms with van der Waals surface area (Å²) in [5.74, 6) is -0.288. The van der Waals surface area contributed by atoms with Gasteiger partial charge in [0, 0.05) is 5.69 Å². The number of alkyl halides is 3. The molecule has 1 heterocycles. The third kappa shape index (κ3) is 4.53. The Hall–Kier alpha value is -0.940. The summed E-state index contributed by atoms with van der Waals surface area (Å²) in [6.45, 7) is 3.95. The molecule has 2 rings (SSSR count). The molecule has 1 atom stereocenters.